The maximum Gasteiger partial charge on any atom is 0.312 e. The Morgan fingerprint density at radius 3 is 2.67 bits per heavy atom. The molecule has 9 heteroatoms. The topological polar surface area (TPSA) is 105 Å². The average Bonchev–Trinajstić information content (AvgIpc) is 2.65. The largest absolute Gasteiger partial charge is 0.352 e. The number of amides is 4. The number of nitrogens with zero attached hydrogens (tertiary/aromatic N) is 1. The number of nitrogens with two attached hydrogens (primary N) is 1. The molecule has 0 spiro atoms. The first-order valence-corrected chi connectivity index (χ1v) is 8.87. The van der Waals surface area contributed by atoms with Gasteiger partial charge in [0.25, 0.3) is 0 Å². The van der Waals surface area contributed by atoms with Gasteiger partial charge in [-0.15, -0.1) is 0 Å². The number of rotatable bonds is 7. The fraction of sp³-hybridized carbons (Fsp3) is 0.500. The molecule has 1 fully saturated rings. The van der Waals surface area contributed by atoms with Crippen molar-refractivity contribution in [3.8, 4) is 0 Å². The van der Waals surface area contributed by atoms with Crippen LogP contribution in [0.2, 0.25) is 0 Å². The first-order chi connectivity index (χ1) is 12.8. The molecule has 1 aliphatic rings. The van der Waals surface area contributed by atoms with Crippen LogP contribution in [0.15, 0.2) is 18.2 Å². The van der Waals surface area contributed by atoms with Crippen LogP contribution in [-0.4, -0.2) is 42.4 Å². The van der Waals surface area contributed by atoms with Gasteiger partial charge < -0.3 is 21.3 Å². The Hall–Kier alpha value is -2.71. The lowest BCUT2D eigenvalue weighted by Crippen LogP contribution is -2.46. The molecule has 4 N–H and O–H groups in total. The maximum absolute atomic E-state index is 13.1. The molecule has 27 heavy (non-hydrogen) atoms. The third-order valence-electron chi connectivity index (χ3n) is 4.54. The highest BCUT2D eigenvalue weighted by atomic mass is 19.2. The van der Waals surface area contributed by atoms with Crippen molar-refractivity contribution in [2.75, 3.05) is 19.6 Å². The summed E-state index contributed by atoms with van der Waals surface area (Å²) in [6.07, 6.45) is 2.67. The van der Waals surface area contributed by atoms with Crippen LogP contribution in [0.5, 0.6) is 0 Å². The highest BCUT2D eigenvalue weighted by molar-refractivity contribution is 5.83. The van der Waals surface area contributed by atoms with E-state index in [1.54, 1.807) is 4.90 Å². The van der Waals surface area contributed by atoms with Crippen molar-refractivity contribution in [3.63, 3.8) is 0 Å². The number of nitrogens with one attached hydrogen (secondary N) is 2. The number of urea groups is 1. The summed E-state index contributed by atoms with van der Waals surface area (Å²) in [4.78, 5) is 36.4. The molecule has 1 aromatic rings. The molecule has 0 saturated carbocycles. The second kappa shape index (κ2) is 9.84. The van der Waals surface area contributed by atoms with Crippen LogP contribution < -0.4 is 16.4 Å². The molecule has 0 unspecified atom stereocenters. The van der Waals surface area contributed by atoms with E-state index in [1.165, 1.54) is 6.07 Å². The Balaban J connectivity index is 1.71. The van der Waals surface area contributed by atoms with Gasteiger partial charge >= 0.3 is 6.03 Å². The summed E-state index contributed by atoms with van der Waals surface area (Å²) in [5.41, 5.74) is 5.44. The Bertz CT molecular complexity index is 699. The van der Waals surface area contributed by atoms with Gasteiger partial charge in [-0.25, -0.2) is 13.6 Å². The summed E-state index contributed by atoms with van der Waals surface area (Å²) >= 11 is 0. The van der Waals surface area contributed by atoms with Crippen molar-refractivity contribution >= 4 is 17.8 Å². The van der Waals surface area contributed by atoms with Gasteiger partial charge in [0.05, 0.1) is 6.54 Å². The summed E-state index contributed by atoms with van der Waals surface area (Å²) in [5, 5.41) is 4.96. The highest BCUT2D eigenvalue weighted by Gasteiger charge is 2.24. The minimum Gasteiger partial charge on any atom is -0.352 e. The van der Waals surface area contributed by atoms with Gasteiger partial charge in [-0.1, -0.05) is 6.07 Å². The van der Waals surface area contributed by atoms with E-state index in [1.807, 2.05) is 0 Å². The van der Waals surface area contributed by atoms with Crippen LogP contribution >= 0.6 is 0 Å². The van der Waals surface area contributed by atoms with Crippen molar-refractivity contribution < 1.29 is 23.2 Å². The van der Waals surface area contributed by atoms with Crippen LogP contribution in [0, 0.1) is 17.6 Å². The average molecular weight is 382 g/mol. The number of halogens is 2. The van der Waals surface area contributed by atoms with Crippen molar-refractivity contribution in [1.82, 2.24) is 15.5 Å². The van der Waals surface area contributed by atoms with Gasteiger partial charge in [0, 0.05) is 26.1 Å². The van der Waals surface area contributed by atoms with E-state index in [2.05, 4.69) is 10.6 Å². The molecule has 1 aromatic carbocycles. The molecular weight excluding hydrogens is 358 g/mol. The molecule has 7 nitrogen and oxygen atoms in total. The zero-order valence-corrected chi connectivity index (χ0v) is 15.0. The van der Waals surface area contributed by atoms with E-state index in [-0.39, 0.29) is 37.2 Å². The van der Waals surface area contributed by atoms with Gasteiger partial charge in [0.15, 0.2) is 11.6 Å². The first-order valence-electron chi connectivity index (χ1n) is 8.87. The summed E-state index contributed by atoms with van der Waals surface area (Å²) < 4.78 is 26.0. The normalized spacial score (nSPS) is 16.7. The molecule has 4 amide bonds. The molecular formula is C18H24F2N4O3. The monoisotopic (exact) mass is 382 g/mol. The number of carbonyl (C=O) groups excluding carboxylic acids is 3. The lowest BCUT2D eigenvalue weighted by Gasteiger charge is -2.32. The molecule has 148 valence electrons. The predicted octanol–water partition coefficient (Wildman–Crippen LogP) is 1.27. The minimum absolute atomic E-state index is 0.128. The smallest absolute Gasteiger partial charge is 0.312 e. The number of primary amides is 1. The first kappa shape index (κ1) is 20.6. The number of benzene rings is 1. The van der Waals surface area contributed by atoms with Crippen LogP contribution in [-0.2, 0) is 16.1 Å². The van der Waals surface area contributed by atoms with Crippen LogP contribution in [0.3, 0.4) is 0 Å². The van der Waals surface area contributed by atoms with Crippen molar-refractivity contribution in [2.24, 2.45) is 11.7 Å². The molecule has 0 aromatic heterocycles. The second-order valence-electron chi connectivity index (χ2n) is 6.63. The lowest BCUT2D eigenvalue weighted by atomic mass is 9.93. The summed E-state index contributed by atoms with van der Waals surface area (Å²) in [6, 6.07) is 2.76. The molecule has 1 atom stereocenters. The van der Waals surface area contributed by atoms with E-state index in [9.17, 15) is 23.2 Å². The van der Waals surface area contributed by atoms with Gasteiger partial charge in [0.1, 0.15) is 0 Å². The van der Waals surface area contributed by atoms with Crippen LogP contribution in [0.25, 0.3) is 0 Å². The van der Waals surface area contributed by atoms with E-state index in [0.29, 0.717) is 25.1 Å². The number of hydrogen-bond acceptors (Lipinski definition) is 3. The molecule has 1 aliphatic heterocycles. The van der Waals surface area contributed by atoms with E-state index in [0.717, 1.165) is 25.0 Å². The number of likely N-dealkylation sites (tertiary alicyclic amines) is 1. The summed E-state index contributed by atoms with van der Waals surface area (Å²) in [5.74, 6) is -2.04. The third kappa shape index (κ3) is 6.84. The van der Waals surface area contributed by atoms with E-state index < -0.39 is 17.7 Å². The van der Waals surface area contributed by atoms with Crippen LogP contribution in [0.4, 0.5) is 13.6 Å². The van der Waals surface area contributed by atoms with Crippen molar-refractivity contribution in [1.29, 1.82) is 0 Å². The molecule has 0 bridgehead atoms. The predicted molar refractivity (Wildman–Crippen MR) is 94.3 cm³/mol. The van der Waals surface area contributed by atoms with Gasteiger partial charge in [-0.2, -0.15) is 0 Å². The third-order valence-corrected chi connectivity index (χ3v) is 4.54. The Morgan fingerprint density at radius 2 is 1.96 bits per heavy atom. The van der Waals surface area contributed by atoms with Gasteiger partial charge in [-0.05, 0) is 42.9 Å². The maximum atomic E-state index is 13.1. The second-order valence-corrected chi connectivity index (χ2v) is 6.63. The molecule has 0 radical (unpaired) electrons. The van der Waals surface area contributed by atoms with Gasteiger partial charge in [-0.3, -0.25) is 9.59 Å². The quantitative estimate of drug-likeness (QED) is 0.661. The zero-order valence-electron chi connectivity index (χ0n) is 15.0. The minimum atomic E-state index is -0.945. The number of hydrogen-bond donors (Lipinski definition) is 3. The lowest BCUT2D eigenvalue weighted by molar-refractivity contribution is -0.131. The Morgan fingerprint density at radius 1 is 1.19 bits per heavy atom. The summed E-state index contributed by atoms with van der Waals surface area (Å²) in [7, 11) is 0. The van der Waals surface area contributed by atoms with E-state index >= 15 is 0 Å². The molecule has 0 aliphatic carbocycles. The van der Waals surface area contributed by atoms with Crippen molar-refractivity contribution in [3.05, 3.63) is 35.4 Å². The van der Waals surface area contributed by atoms with E-state index in [4.69, 9.17) is 5.73 Å². The molecule has 2 rings (SSSR count). The molecule has 1 saturated heterocycles. The molecule has 1 heterocycles. The highest BCUT2D eigenvalue weighted by Crippen LogP contribution is 2.21. The fourth-order valence-electron chi connectivity index (χ4n) is 3.08. The number of carbonyl (C=O) groups is 3. The van der Waals surface area contributed by atoms with Gasteiger partial charge in [0.2, 0.25) is 11.8 Å². The Labute approximate surface area is 156 Å². The van der Waals surface area contributed by atoms with Crippen LogP contribution in [0.1, 0.15) is 31.2 Å². The SMILES string of the molecule is NC(=O)NCC(=O)N1CCC[C@H](CCC(=O)NCc2ccc(F)c(F)c2)C1. The fourth-order valence-corrected chi connectivity index (χ4v) is 3.08. The Kier molecular flexibility index (Phi) is 7.51. The summed E-state index contributed by atoms with van der Waals surface area (Å²) in [6.45, 7) is 1.16. The zero-order chi connectivity index (χ0) is 19.8. The standard InChI is InChI=1S/C18H24F2N4O3/c19-14-5-3-13(8-15(14)20)9-22-16(25)6-4-12-2-1-7-24(11-12)17(26)10-23-18(21)27/h3,5,8,12H,1-2,4,6-7,9-11H2,(H,22,25)(H3,21,23,27)/t12-/m1/s1. The number of piperidine rings is 1. The van der Waals surface area contributed by atoms with Crippen molar-refractivity contribution in [2.45, 2.75) is 32.2 Å².